The number of rotatable bonds is 4. The molecule has 0 aliphatic carbocycles. The topological polar surface area (TPSA) is 111 Å². The van der Waals surface area contributed by atoms with E-state index in [4.69, 9.17) is 5.11 Å². The average Bonchev–Trinajstić information content (AvgIpc) is 3.08. The van der Waals surface area contributed by atoms with Gasteiger partial charge in [0.2, 0.25) is 0 Å². The number of phenols is 1. The number of nitrogens with zero attached hydrogens (tertiary/aromatic N) is 2. The highest BCUT2D eigenvalue weighted by atomic mass is 16.4. The maximum Gasteiger partial charge on any atom is 0.335 e. The number of aromatic amines is 1. The molecule has 0 aliphatic heterocycles. The monoisotopic (exact) mass is 346 g/mol. The fraction of sp³-hybridized carbons (Fsp3) is 0. The number of fused-ring (bicyclic) bond motifs is 1. The Balaban J connectivity index is 1.73. The predicted molar refractivity (Wildman–Crippen MR) is 97.7 cm³/mol. The predicted octanol–water partition coefficient (Wildman–Crippen LogP) is 3.77. The van der Waals surface area contributed by atoms with Crippen molar-refractivity contribution in [1.82, 2.24) is 15.0 Å². The fourth-order valence-corrected chi connectivity index (χ4v) is 2.70. The minimum Gasteiger partial charge on any atom is -0.508 e. The van der Waals surface area contributed by atoms with Gasteiger partial charge in [-0.25, -0.2) is 14.8 Å². The highest BCUT2D eigenvalue weighted by Gasteiger charge is 2.11. The van der Waals surface area contributed by atoms with Crippen LogP contribution in [0.5, 0.6) is 5.75 Å². The number of aromatic nitrogens is 3. The summed E-state index contributed by atoms with van der Waals surface area (Å²) in [4.78, 5) is 22.9. The molecule has 4 N–H and O–H groups in total. The van der Waals surface area contributed by atoms with Crippen molar-refractivity contribution in [2.24, 2.45) is 0 Å². The number of aromatic hydroxyl groups is 1. The summed E-state index contributed by atoms with van der Waals surface area (Å²) in [5.74, 6) is -0.220. The summed E-state index contributed by atoms with van der Waals surface area (Å²) in [6, 6.07) is 15.3. The van der Waals surface area contributed by atoms with Crippen molar-refractivity contribution < 1.29 is 15.0 Å². The third-order valence-electron chi connectivity index (χ3n) is 3.98. The van der Waals surface area contributed by atoms with Gasteiger partial charge in [0.05, 0.1) is 10.9 Å². The van der Waals surface area contributed by atoms with E-state index in [1.54, 1.807) is 42.5 Å². The van der Waals surface area contributed by atoms with Crippen molar-refractivity contribution in [3.05, 3.63) is 66.5 Å². The molecule has 0 saturated carbocycles. The number of benzene rings is 2. The van der Waals surface area contributed by atoms with Gasteiger partial charge < -0.3 is 20.5 Å². The summed E-state index contributed by atoms with van der Waals surface area (Å²) in [6.45, 7) is 0. The summed E-state index contributed by atoms with van der Waals surface area (Å²) in [5, 5.41) is 22.5. The summed E-state index contributed by atoms with van der Waals surface area (Å²) >= 11 is 0. The molecule has 0 aliphatic rings. The van der Waals surface area contributed by atoms with Crippen LogP contribution >= 0.6 is 0 Å². The van der Waals surface area contributed by atoms with Crippen molar-refractivity contribution in [2.45, 2.75) is 0 Å². The van der Waals surface area contributed by atoms with Crippen LogP contribution in [0.4, 0.5) is 11.5 Å². The van der Waals surface area contributed by atoms with Gasteiger partial charge in [0.1, 0.15) is 23.5 Å². The zero-order chi connectivity index (χ0) is 18.1. The number of phenolic OH excluding ortho intramolecular Hbond substituents is 1. The first-order valence-electron chi connectivity index (χ1n) is 7.84. The molecule has 7 nitrogen and oxygen atoms in total. The molecular formula is C19H14N4O3. The number of hydrogen-bond acceptors (Lipinski definition) is 5. The molecule has 2 aromatic carbocycles. The van der Waals surface area contributed by atoms with Gasteiger partial charge in [-0.15, -0.1) is 0 Å². The van der Waals surface area contributed by atoms with Crippen LogP contribution in [0.1, 0.15) is 10.4 Å². The lowest BCUT2D eigenvalue weighted by molar-refractivity contribution is 0.0697. The Labute approximate surface area is 148 Å². The second kappa shape index (κ2) is 6.21. The van der Waals surface area contributed by atoms with Gasteiger partial charge in [0.15, 0.2) is 0 Å². The quantitative estimate of drug-likeness (QED) is 0.447. The van der Waals surface area contributed by atoms with Crippen LogP contribution in [0.3, 0.4) is 0 Å². The third-order valence-corrected chi connectivity index (χ3v) is 3.98. The van der Waals surface area contributed by atoms with E-state index in [0.29, 0.717) is 17.2 Å². The van der Waals surface area contributed by atoms with Crippen molar-refractivity contribution >= 4 is 28.5 Å². The van der Waals surface area contributed by atoms with Gasteiger partial charge in [-0.3, -0.25) is 0 Å². The maximum absolute atomic E-state index is 11.1. The Morgan fingerprint density at radius 3 is 2.62 bits per heavy atom. The Kier molecular flexibility index (Phi) is 3.74. The lowest BCUT2D eigenvalue weighted by atomic mass is 10.1. The molecule has 0 saturated heterocycles. The number of anilines is 2. The zero-order valence-electron chi connectivity index (χ0n) is 13.5. The van der Waals surface area contributed by atoms with E-state index in [-0.39, 0.29) is 11.3 Å². The molecule has 0 fully saturated rings. The van der Waals surface area contributed by atoms with Crippen molar-refractivity contribution in [2.75, 3.05) is 5.32 Å². The van der Waals surface area contributed by atoms with Crippen LogP contribution in [0.15, 0.2) is 60.9 Å². The number of hydrogen-bond donors (Lipinski definition) is 4. The van der Waals surface area contributed by atoms with E-state index in [9.17, 15) is 9.90 Å². The summed E-state index contributed by atoms with van der Waals surface area (Å²) < 4.78 is 0. The standard InChI is InChI=1S/C19H14N4O3/c24-14-6-4-11(5-7-14)16-9-15-17(20-10-21-18(15)23-16)22-13-3-1-2-12(8-13)19(25)26/h1-10,24H,(H,25,26)(H2,20,21,22,23). The molecule has 4 rings (SSSR count). The molecule has 0 atom stereocenters. The van der Waals surface area contributed by atoms with E-state index >= 15 is 0 Å². The third kappa shape index (κ3) is 2.93. The van der Waals surface area contributed by atoms with Crippen molar-refractivity contribution in [3.8, 4) is 17.0 Å². The molecular weight excluding hydrogens is 332 g/mol. The van der Waals surface area contributed by atoms with Gasteiger partial charge in [-0.05, 0) is 54.1 Å². The van der Waals surface area contributed by atoms with Gasteiger partial charge >= 0.3 is 5.97 Å². The summed E-state index contributed by atoms with van der Waals surface area (Å²) in [5.41, 5.74) is 3.21. The molecule has 128 valence electrons. The maximum atomic E-state index is 11.1. The van der Waals surface area contributed by atoms with E-state index in [2.05, 4.69) is 20.3 Å². The molecule has 4 aromatic rings. The van der Waals surface area contributed by atoms with E-state index in [0.717, 1.165) is 16.6 Å². The number of carbonyl (C=O) groups is 1. The van der Waals surface area contributed by atoms with Gasteiger partial charge in [0, 0.05) is 11.4 Å². The minimum absolute atomic E-state index is 0.194. The largest absolute Gasteiger partial charge is 0.508 e. The first kappa shape index (κ1) is 15.6. The lowest BCUT2D eigenvalue weighted by Gasteiger charge is -2.06. The fourth-order valence-electron chi connectivity index (χ4n) is 2.70. The van der Waals surface area contributed by atoms with Crippen LogP contribution in [0.2, 0.25) is 0 Å². The Morgan fingerprint density at radius 1 is 1.04 bits per heavy atom. The first-order chi connectivity index (χ1) is 12.6. The number of carboxylic acids is 1. The average molecular weight is 346 g/mol. The molecule has 0 bridgehead atoms. The first-order valence-corrected chi connectivity index (χ1v) is 7.84. The lowest BCUT2D eigenvalue weighted by Crippen LogP contribution is -1.99. The molecule has 0 spiro atoms. The SMILES string of the molecule is O=C(O)c1cccc(Nc2ncnc3[nH]c(-c4ccc(O)cc4)cc23)c1. The molecule has 7 heteroatoms. The van der Waals surface area contributed by atoms with E-state index in [1.165, 1.54) is 12.4 Å². The number of nitrogens with one attached hydrogen (secondary N) is 2. The molecule has 2 heterocycles. The van der Waals surface area contributed by atoms with Crippen molar-refractivity contribution in [1.29, 1.82) is 0 Å². The Morgan fingerprint density at radius 2 is 1.85 bits per heavy atom. The molecule has 26 heavy (non-hydrogen) atoms. The molecule has 2 aromatic heterocycles. The number of aromatic carboxylic acids is 1. The number of carboxylic acid groups (broad SMARTS) is 1. The normalized spacial score (nSPS) is 10.8. The molecule has 0 amide bonds. The van der Waals surface area contributed by atoms with Crippen LogP contribution in [-0.2, 0) is 0 Å². The summed E-state index contributed by atoms with van der Waals surface area (Å²) in [6.07, 6.45) is 1.43. The van der Waals surface area contributed by atoms with Crippen LogP contribution < -0.4 is 5.32 Å². The van der Waals surface area contributed by atoms with Crippen LogP contribution in [-0.4, -0.2) is 31.1 Å². The van der Waals surface area contributed by atoms with Crippen molar-refractivity contribution in [3.63, 3.8) is 0 Å². The van der Waals surface area contributed by atoms with E-state index in [1.807, 2.05) is 6.07 Å². The van der Waals surface area contributed by atoms with Gasteiger partial charge in [-0.1, -0.05) is 6.07 Å². The van der Waals surface area contributed by atoms with Gasteiger partial charge in [-0.2, -0.15) is 0 Å². The second-order valence-corrected chi connectivity index (χ2v) is 5.73. The van der Waals surface area contributed by atoms with Gasteiger partial charge in [0.25, 0.3) is 0 Å². The highest BCUT2D eigenvalue weighted by Crippen LogP contribution is 2.29. The molecule has 0 unspecified atom stereocenters. The Bertz CT molecular complexity index is 1100. The minimum atomic E-state index is -0.988. The highest BCUT2D eigenvalue weighted by molar-refractivity contribution is 5.94. The smallest absolute Gasteiger partial charge is 0.335 e. The second-order valence-electron chi connectivity index (χ2n) is 5.73. The Hall–Kier alpha value is -3.87. The van der Waals surface area contributed by atoms with Crippen LogP contribution in [0.25, 0.3) is 22.3 Å². The van der Waals surface area contributed by atoms with Crippen LogP contribution in [0, 0.1) is 0 Å². The zero-order valence-corrected chi connectivity index (χ0v) is 13.5. The van der Waals surface area contributed by atoms with E-state index < -0.39 is 5.97 Å². The number of H-pyrrole nitrogens is 1. The summed E-state index contributed by atoms with van der Waals surface area (Å²) in [7, 11) is 0. The molecule has 0 radical (unpaired) electrons.